The molecule has 1 saturated heterocycles. The van der Waals surface area contributed by atoms with Gasteiger partial charge in [-0.3, -0.25) is 0 Å². The summed E-state index contributed by atoms with van der Waals surface area (Å²) in [5.74, 6) is 3.08. The average Bonchev–Trinajstić information content (AvgIpc) is 2.93. The lowest BCUT2D eigenvalue weighted by Gasteiger charge is -2.25. The Morgan fingerprint density at radius 1 is 1.25 bits per heavy atom. The molecule has 0 aliphatic carbocycles. The second-order valence-corrected chi connectivity index (χ2v) is 5.60. The summed E-state index contributed by atoms with van der Waals surface area (Å²) < 4.78 is 0. The molecule has 1 aromatic rings. The maximum Gasteiger partial charge on any atom is 0.134 e. The van der Waals surface area contributed by atoms with Gasteiger partial charge in [-0.1, -0.05) is 20.8 Å². The van der Waals surface area contributed by atoms with Crippen molar-refractivity contribution in [2.75, 3.05) is 23.3 Å². The third-order valence-electron chi connectivity index (χ3n) is 3.93. The minimum atomic E-state index is 0.651. The van der Waals surface area contributed by atoms with Crippen molar-refractivity contribution >= 4 is 11.6 Å². The summed E-state index contributed by atoms with van der Waals surface area (Å²) in [6.45, 7) is 8.73. The fourth-order valence-electron chi connectivity index (χ4n) is 2.87. The van der Waals surface area contributed by atoms with Gasteiger partial charge in [-0.2, -0.15) is 0 Å². The van der Waals surface area contributed by atoms with E-state index in [-0.39, 0.29) is 0 Å². The van der Waals surface area contributed by atoms with Gasteiger partial charge in [-0.25, -0.2) is 9.97 Å². The Balaban J connectivity index is 2.23. The van der Waals surface area contributed by atoms with Gasteiger partial charge in [0.1, 0.15) is 17.5 Å². The van der Waals surface area contributed by atoms with Gasteiger partial charge in [0.15, 0.2) is 0 Å². The number of anilines is 2. The van der Waals surface area contributed by atoms with Gasteiger partial charge in [0, 0.05) is 31.6 Å². The van der Waals surface area contributed by atoms with Crippen LogP contribution in [0.2, 0.25) is 0 Å². The van der Waals surface area contributed by atoms with Crippen molar-refractivity contribution in [1.29, 1.82) is 0 Å². The molecule has 0 spiro atoms. The van der Waals surface area contributed by atoms with Crippen molar-refractivity contribution in [3.63, 3.8) is 0 Å². The Hall–Kier alpha value is -1.32. The van der Waals surface area contributed by atoms with Crippen LogP contribution in [0.3, 0.4) is 0 Å². The van der Waals surface area contributed by atoms with E-state index in [4.69, 9.17) is 4.98 Å². The Labute approximate surface area is 123 Å². The zero-order valence-corrected chi connectivity index (χ0v) is 13.2. The highest BCUT2D eigenvalue weighted by Crippen LogP contribution is 2.27. The predicted molar refractivity (Wildman–Crippen MR) is 85.5 cm³/mol. The van der Waals surface area contributed by atoms with Crippen LogP contribution in [-0.4, -0.2) is 29.1 Å². The zero-order chi connectivity index (χ0) is 14.4. The molecule has 2 heterocycles. The van der Waals surface area contributed by atoms with Gasteiger partial charge in [0.25, 0.3) is 0 Å². The van der Waals surface area contributed by atoms with Crippen LogP contribution in [0.1, 0.15) is 58.7 Å². The number of aromatic nitrogens is 2. The van der Waals surface area contributed by atoms with Crippen molar-refractivity contribution in [1.82, 2.24) is 9.97 Å². The first kappa shape index (κ1) is 15.1. The van der Waals surface area contributed by atoms with E-state index in [0.717, 1.165) is 49.8 Å². The van der Waals surface area contributed by atoms with Crippen molar-refractivity contribution in [3.05, 3.63) is 11.9 Å². The fourth-order valence-corrected chi connectivity index (χ4v) is 2.87. The summed E-state index contributed by atoms with van der Waals surface area (Å²) >= 11 is 0. The minimum absolute atomic E-state index is 0.651. The van der Waals surface area contributed by atoms with E-state index in [0.29, 0.717) is 6.04 Å². The molecule has 2 rings (SSSR count). The smallest absolute Gasteiger partial charge is 0.134 e. The molecule has 1 aliphatic rings. The summed E-state index contributed by atoms with van der Waals surface area (Å²) in [5.41, 5.74) is 0. The number of nitrogens with zero attached hydrogens (tertiary/aromatic N) is 3. The van der Waals surface area contributed by atoms with Gasteiger partial charge in [0.05, 0.1) is 0 Å². The van der Waals surface area contributed by atoms with E-state index in [1.165, 1.54) is 19.3 Å². The predicted octanol–water partition coefficient (Wildman–Crippen LogP) is 3.63. The summed E-state index contributed by atoms with van der Waals surface area (Å²) in [6.07, 6.45) is 6.94. The molecule has 0 radical (unpaired) electrons. The number of hydrogen-bond donors (Lipinski definition) is 1. The molecule has 1 aromatic heterocycles. The van der Waals surface area contributed by atoms with Gasteiger partial charge < -0.3 is 10.2 Å². The van der Waals surface area contributed by atoms with E-state index in [9.17, 15) is 0 Å². The van der Waals surface area contributed by atoms with Crippen LogP contribution in [0, 0.1) is 0 Å². The number of nitrogens with one attached hydrogen (secondary N) is 1. The Morgan fingerprint density at radius 2 is 2.10 bits per heavy atom. The summed E-state index contributed by atoms with van der Waals surface area (Å²) in [5, 5.41) is 3.41. The maximum atomic E-state index is 4.79. The molecular weight excluding hydrogens is 248 g/mol. The highest BCUT2D eigenvalue weighted by molar-refractivity contribution is 5.50. The highest BCUT2D eigenvalue weighted by Gasteiger charge is 2.24. The molecule has 4 nitrogen and oxygen atoms in total. The first-order valence-electron chi connectivity index (χ1n) is 8.16. The summed E-state index contributed by atoms with van der Waals surface area (Å²) in [6, 6.07) is 2.78. The first-order chi connectivity index (χ1) is 9.78. The number of hydrogen-bond acceptors (Lipinski definition) is 4. The lowest BCUT2D eigenvalue weighted by Crippen LogP contribution is -2.29. The SMILES string of the molecule is CCCNc1cc(N2CCCC2CC)nc(CCC)n1. The third kappa shape index (κ3) is 3.62. The second kappa shape index (κ2) is 7.46. The zero-order valence-electron chi connectivity index (χ0n) is 13.2. The molecule has 1 aliphatic heterocycles. The topological polar surface area (TPSA) is 41.0 Å². The van der Waals surface area contributed by atoms with Crippen LogP contribution in [0.25, 0.3) is 0 Å². The van der Waals surface area contributed by atoms with Crippen LogP contribution in [-0.2, 0) is 6.42 Å². The number of aryl methyl sites for hydroxylation is 1. The molecular formula is C16H28N4. The molecule has 4 heteroatoms. The van der Waals surface area contributed by atoms with Crippen molar-refractivity contribution in [2.45, 2.75) is 65.3 Å². The van der Waals surface area contributed by atoms with E-state index in [1.54, 1.807) is 0 Å². The minimum Gasteiger partial charge on any atom is -0.370 e. The first-order valence-corrected chi connectivity index (χ1v) is 8.16. The van der Waals surface area contributed by atoms with Gasteiger partial charge >= 0.3 is 0 Å². The standard InChI is InChI=1S/C16H28N4/c1-4-8-14-18-15(17-10-5-2)12-16(19-14)20-11-7-9-13(20)6-3/h12-13H,4-11H2,1-3H3,(H,17,18,19). The summed E-state index contributed by atoms with van der Waals surface area (Å²) in [7, 11) is 0. The molecule has 1 fully saturated rings. The fraction of sp³-hybridized carbons (Fsp3) is 0.750. The van der Waals surface area contributed by atoms with Gasteiger partial charge in [-0.05, 0) is 32.1 Å². The van der Waals surface area contributed by atoms with Crippen LogP contribution < -0.4 is 10.2 Å². The molecule has 0 saturated carbocycles. The van der Waals surface area contributed by atoms with Crippen LogP contribution in [0.15, 0.2) is 6.07 Å². The van der Waals surface area contributed by atoms with Crippen LogP contribution in [0.4, 0.5) is 11.6 Å². The Bertz CT molecular complexity index is 419. The van der Waals surface area contributed by atoms with Crippen LogP contribution >= 0.6 is 0 Å². The van der Waals surface area contributed by atoms with Crippen molar-refractivity contribution in [3.8, 4) is 0 Å². The lowest BCUT2D eigenvalue weighted by molar-refractivity contribution is 0.638. The molecule has 1 N–H and O–H groups in total. The normalized spacial score (nSPS) is 18.6. The third-order valence-corrected chi connectivity index (χ3v) is 3.93. The largest absolute Gasteiger partial charge is 0.370 e. The monoisotopic (exact) mass is 276 g/mol. The molecule has 0 amide bonds. The van der Waals surface area contributed by atoms with Crippen LogP contribution in [0.5, 0.6) is 0 Å². The molecule has 0 aromatic carbocycles. The highest BCUT2D eigenvalue weighted by atomic mass is 15.2. The Morgan fingerprint density at radius 3 is 2.80 bits per heavy atom. The number of rotatable bonds is 7. The van der Waals surface area contributed by atoms with E-state index >= 15 is 0 Å². The summed E-state index contributed by atoms with van der Waals surface area (Å²) in [4.78, 5) is 11.9. The average molecular weight is 276 g/mol. The van der Waals surface area contributed by atoms with Crippen molar-refractivity contribution < 1.29 is 0 Å². The van der Waals surface area contributed by atoms with E-state index in [1.807, 2.05) is 0 Å². The van der Waals surface area contributed by atoms with Crippen molar-refractivity contribution in [2.24, 2.45) is 0 Å². The Kier molecular flexibility index (Phi) is 5.62. The molecule has 20 heavy (non-hydrogen) atoms. The lowest BCUT2D eigenvalue weighted by atomic mass is 10.2. The quantitative estimate of drug-likeness (QED) is 0.825. The van der Waals surface area contributed by atoms with E-state index in [2.05, 4.69) is 42.0 Å². The van der Waals surface area contributed by atoms with E-state index < -0.39 is 0 Å². The second-order valence-electron chi connectivity index (χ2n) is 5.60. The van der Waals surface area contributed by atoms with Gasteiger partial charge in [0.2, 0.25) is 0 Å². The molecule has 1 unspecified atom stereocenters. The van der Waals surface area contributed by atoms with Gasteiger partial charge in [-0.15, -0.1) is 0 Å². The molecule has 1 atom stereocenters. The maximum absolute atomic E-state index is 4.79. The molecule has 0 bridgehead atoms. The molecule has 112 valence electrons.